The van der Waals surface area contributed by atoms with E-state index in [-0.39, 0.29) is 17.8 Å². The summed E-state index contributed by atoms with van der Waals surface area (Å²) in [6, 6.07) is 3.80. The van der Waals surface area contributed by atoms with Crippen molar-refractivity contribution in [2.45, 2.75) is 19.0 Å². The highest BCUT2D eigenvalue weighted by atomic mass is 19.1. The first-order valence-electron chi connectivity index (χ1n) is 5.47. The van der Waals surface area contributed by atoms with E-state index in [1.54, 1.807) is 13.2 Å². The molecule has 17 heavy (non-hydrogen) atoms. The van der Waals surface area contributed by atoms with Crippen molar-refractivity contribution < 1.29 is 13.9 Å². The van der Waals surface area contributed by atoms with Crippen molar-refractivity contribution in [2.24, 2.45) is 0 Å². The Labute approximate surface area is 99.2 Å². The first kappa shape index (κ1) is 12.0. The highest BCUT2D eigenvalue weighted by Crippen LogP contribution is 2.31. The Balaban J connectivity index is 2.19. The van der Waals surface area contributed by atoms with Gasteiger partial charge in [-0.15, -0.1) is 0 Å². The number of hydrogen-bond acceptors (Lipinski definition) is 3. The third-order valence-corrected chi connectivity index (χ3v) is 2.71. The van der Waals surface area contributed by atoms with E-state index in [4.69, 9.17) is 4.74 Å². The molecule has 0 spiro atoms. The predicted octanol–water partition coefficient (Wildman–Crippen LogP) is 1.44. The Hall–Kier alpha value is -1.46. The van der Waals surface area contributed by atoms with Gasteiger partial charge in [-0.05, 0) is 25.1 Å². The van der Waals surface area contributed by atoms with E-state index < -0.39 is 6.04 Å². The van der Waals surface area contributed by atoms with Crippen LogP contribution in [0.2, 0.25) is 0 Å². The number of carbonyl (C=O) groups excluding carboxylic acids is 1. The van der Waals surface area contributed by atoms with Crippen LogP contribution in [-0.4, -0.2) is 25.7 Å². The monoisotopic (exact) mass is 238 g/mol. The topological polar surface area (TPSA) is 50.4 Å². The molecular formula is C12H15FN2O2. The minimum Gasteiger partial charge on any atom is -0.383 e. The van der Waals surface area contributed by atoms with Gasteiger partial charge < -0.3 is 10.1 Å². The van der Waals surface area contributed by atoms with Gasteiger partial charge in [0, 0.05) is 24.4 Å². The number of halogens is 1. The number of anilines is 1. The molecule has 4 nitrogen and oxygen atoms in total. The Morgan fingerprint density at radius 1 is 1.59 bits per heavy atom. The number of hydrogen-bond donors (Lipinski definition) is 2. The van der Waals surface area contributed by atoms with Crippen LogP contribution in [0.15, 0.2) is 18.2 Å². The van der Waals surface area contributed by atoms with Crippen LogP contribution in [0.5, 0.6) is 0 Å². The molecule has 1 aromatic rings. The smallest absolute Gasteiger partial charge is 0.246 e. The number of benzene rings is 1. The van der Waals surface area contributed by atoms with Gasteiger partial charge in [0.15, 0.2) is 0 Å². The van der Waals surface area contributed by atoms with Gasteiger partial charge in [-0.3, -0.25) is 10.1 Å². The van der Waals surface area contributed by atoms with Crippen molar-refractivity contribution in [3.63, 3.8) is 0 Å². The molecule has 5 heteroatoms. The molecule has 1 heterocycles. The minimum atomic E-state index is -0.508. The van der Waals surface area contributed by atoms with Crippen LogP contribution in [-0.2, 0) is 9.53 Å². The summed E-state index contributed by atoms with van der Waals surface area (Å²) in [7, 11) is 1.60. The summed E-state index contributed by atoms with van der Waals surface area (Å²) in [4.78, 5) is 11.7. The van der Waals surface area contributed by atoms with E-state index >= 15 is 0 Å². The second-order valence-electron chi connectivity index (χ2n) is 4.18. The molecule has 92 valence electrons. The lowest BCUT2D eigenvalue weighted by Crippen LogP contribution is -2.37. The largest absolute Gasteiger partial charge is 0.383 e. The van der Waals surface area contributed by atoms with Crippen LogP contribution < -0.4 is 10.6 Å². The van der Waals surface area contributed by atoms with Crippen LogP contribution in [0.1, 0.15) is 18.5 Å². The maximum Gasteiger partial charge on any atom is 0.246 e. The summed E-state index contributed by atoms with van der Waals surface area (Å²) in [6.45, 7) is 2.41. The van der Waals surface area contributed by atoms with Gasteiger partial charge in [-0.2, -0.15) is 0 Å². The SMILES string of the molecule is COCC(C)NC1C(=O)Nc2ccc(F)cc21. The fraction of sp³-hybridized carbons (Fsp3) is 0.417. The van der Waals surface area contributed by atoms with Gasteiger partial charge in [-0.25, -0.2) is 4.39 Å². The van der Waals surface area contributed by atoms with Crippen LogP contribution >= 0.6 is 0 Å². The fourth-order valence-corrected chi connectivity index (χ4v) is 1.98. The van der Waals surface area contributed by atoms with Crippen LogP contribution in [0, 0.1) is 5.82 Å². The van der Waals surface area contributed by atoms with Crippen molar-refractivity contribution in [2.75, 3.05) is 19.0 Å². The summed E-state index contributed by atoms with van der Waals surface area (Å²) in [5.41, 5.74) is 1.32. The zero-order valence-corrected chi connectivity index (χ0v) is 9.79. The zero-order valence-electron chi connectivity index (χ0n) is 9.79. The third kappa shape index (κ3) is 2.45. The van der Waals surface area contributed by atoms with E-state index in [1.165, 1.54) is 12.1 Å². The van der Waals surface area contributed by atoms with Gasteiger partial charge in [0.05, 0.1) is 6.61 Å². The van der Waals surface area contributed by atoms with Crippen molar-refractivity contribution in [1.29, 1.82) is 0 Å². The second-order valence-corrected chi connectivity index (χ2v) is 4.18. The summed E-state index contributed by atoms with van der Waals surface area (Å²) >= 11 is 0. The predicted molar refractivity (Wildman–Crippen MR) is 62.2 cm³/mol. The Morgan fingerprint density at radius 2 is 2.35 bits per heavy atom. The van der Waals surface area contributed by atoms with Crippen LogP contribution in [0.25, 0.3) is 0 Å². The second kappa shape index (κ2) is 4.81. The van der Waals surface area contributed by atoms with Crippen LogP contribution in [0.4, 0.5) is 10.1 Å². The Bertz CT molecular complexity index is 437. The number of fused-ring (bicyclic) bond motifs is 1. The lowest BCUT2D eigenvalue weighted by molar-refractivity contribution is -0.117. The van der Waals surface area contributed by atoms with E-state index in [1.807, 2.05) is 6.92 Å². The van der Waals surface area contributed by atoms with E-state index in [0.717, 1.165) is 0 Å². The molecule has 1 aliphatic rings. The van der Waals surface area contributed by atoms with Gasteiger partial charge in [0.2, 0.25) is 5.91 Å². The quantitative estimate of drug-likeness (QED) is 0.834. The molecule has 1 aromatic carbocycles. The number of amides is 1. The molecule has 0 saturated heterocycles. The maximum absolute atomic E-state index is 13.2. The minimum absolute atomic E-state index is 0.0185. The maximum atomic E-state index is 13.2. The normalized spacial score (nSPS) is 19.9. The number of rotatable bonds is 4. The lowest BCUT2D eigenvalue weighted by Gasteiger charge is -2.17. The first-order valence-corrected chi connectivity index (χ1v) is 5.47. The summed E-state index contributed by atoms with van der Waals surface area (Å²) in [5.74, 6) is -0.500. The number of carbonyl (C=O) groups is 1. The van der Waals surface area contributed by atoms with Gasteiger partial charge >= 0.3 is 0 Å². The highest BCUT2D eigenvalue weighted by molar-refractivity contribution is 6.02. The fourth-order valence-electron chi connectivity index (χ4n) is 1.98. The highest BCUT2D eigenvalue weighted by Gasteiger charge is 2.31. The molecule has 0 radical (unpaired) electrons. The van der Waals surface area contributed by atoms with Gasteiger partial charge in [0.25, 0.3) is 0 Å². The van der Waals surface area contributed by atoms with E-state index in [9.17, 15) is 9.18 Å². The molecule has 2 atom stereocenters. The molecule has 0 fully saturated rings. The van der Waals surface area contributed by atoms with Gasteiger partial charge in [-0.1, -0.05) is 0 Å². The van der Waals surface area contributed by atoms with Crippen molar-refractivity contribution in [1.82, 2.24) is 5.32 Å². The standard InChI is InChI=1S/C12H15FN2O2/c1-7(6-17-2)14-11-9-5-8(13)3-4-10(9)15-12(11)16/h3-5,7,11,14H,6H2,1-2H3,(H,15,16). The summed E-state index contributed by atoms with van der Waals surface area (Å²) < 4.78 is 18.1. The third-order valence-electron chi connectivity index (χ3n) is 2.71. The average molecular weight is 238 g/mol. The molecule has 2 unspecified atom stereocenters. The number of ether oxygens (including phenoxy) is 1. The Kier molecular flexibility index (Phi) is 3.40. The molecule has 1 aliphatic heterocycles. The van der Waals surface area contributed by atoms with Crippen LogP contribution in [0.3, 0.4) is 0 Å². The molecule has 0 aromatic heterocycles. The number of nitrogens with one attached hydrogen (secondary N) is 2. The molecule has 1 amide bonds. The van der Waals surface area contributed by atoms with Gasteiger partial charge in [0.1, 0.15) is 11.9 Å². The first-order chi connectivity index (χ1) is 8.11. The van der Waals surface area contributed by atoms with E-state index in [0.29, 0.717) is 17.9 Å². The molecule has 0 aliphatic carbocycles. The molecule has 2 rings (SSSR count). The van der Waals surface area contributed by atoms with E-state index in [2.05, 4.69) is 10.6 Å². The summed E-state index contributed by atoms with van der Waals surface area (Å²) in [6.07, 6.45) is 0. The molecular weight excluding hydrogens is 223 g/mol. The molecule has 0 bridgehead atoms. The average Bonchev–Trinajstić information content (AvgIpc) is 2.56. The summed E-state index contributed by atoms with van der Waals surface area (Å²) in [5, 5.41) is 5.82. The van der Waals surface area contributed by atoms with Crippen molar-refractivity contribution in [3.8, 4) is 0 Å². The van der Waals surface area contributed by atoms with Crippen molar-refractivity contribution in [3.05, 3.63) is 29.6 Å². The van der Waals surface area contributed by atoms with Crippen molar-refractivity contribution >= 4 is 11.6 Å². The molecule has 0 saturated carbocycles. The lowest BCUT2D eigenvalue weighted by atomic mass is 10.1. The number of methoxy groups -OCH3 is 1. The molecule has 2 N–H and O–H groups in total. The Morgan fingerprint density at radius 3 is 3.06 bits per heavy atom. The zero-order chi connectivity index (χ0) is 12.4.